The SMILES string of the molecule is C/C=C/CC(CC=C(C)C)C(=O)CC(C)C. The van der Waals surface area contributed by atoms with Crippen LogP contribution in [0.15, 0.2) is 23.8 Å². The number of carbonyl (C=O) groups excluding carboxylic acids is 1. The molecule has 0 heterocycles. The van der Waals surface area contributed by atoms with E-state index in [-0.39, 0.29) is 5.92 Å². The molecule has 0 bridgehead atoms. The summed E-state index contributed by atoms with van der Waals surface area (Å²) in [5.74, 6) is 1.05. The fourth-order valence-corrected chi connectivity index (χ4v) is 1.61. The quantitative estimate of drug-likeness (QED) is 0.578. The highest BCUT2D eigenvalue weighted by atomic mass is 16.1. The summed E-state index contributed by atoms with van der Waals surface area (Å²) in [6, 6.07) is 0. The van der Waals surface area contributed by atoms with Gasteiger partial charge in [0.15, 0.2) is 0 Å². The van der Waals surface area contributed by atoms with E-state index in [1.807, 2.05) is 13.0 Å². The topological polar surface area (TPSA) is 17.1 Å². The Bertz CT molecular complexity index is 255. The normalized spacial score (nSPS) is 13.1. The predicted molar refractivity (Wildman–Crippen MR) is 71.4 cm³/mol. The molecule has 0 amide bonds. The van der Waals surface area contributed by atoms with Crippen LogP contribution in [0.2, 0.25) is 0 Å². The number of Topliss-reactive ketones (excluding diaryl/α,β-unsaturated/α-hetero) is 1. The van der Waals surface area contributed by atoms with Gasteiger partial charge in [-0.3, -0.25) is 4.79 Å². The number of ketones is 1. The lowest BCUT2D eigenvalue weighted by Gasteiger charge is -2.13. The maximum atomic E-state index is 12.0. The van der Waals surface area contributed by atoms with E-state index in [9.17, 15) is 4.79 Å². The molecule has 1 nitrogen and oxygen atoms in total. The molecule has 0 spiro atoms. The minimum atomic E-state index is 0.175. The van der Waals surface area contributed by atoms with Gasteiger partial charge >= 0.3 is 0 Å². The van der Waals surface area contributed by atoms with Crippen molar-refractivity contribution in [1.29, 1.82) is 0 Å². The third-order valence-corrected chi connectivity index (χ3v) is 2.53. The third kappa shape index (κ3) is 7.44. The number of allylic oxidation sites excluding steroid dienone is 4. The van der Waals surface area contributed by atoms with Crippen molar-refractivity contribution < 1.29 is 4.79 Å². The highest BCUT2D eigenvalue weighted by Gasteiger charge is 2.16. The van der Waals surface area contributed by atoms with Crippen molar-refractivity contribution in [3.63, 3.8) is 0 Å². The lowest BCUT2D eigenvalue weighted by molar-refractivity contribution is -0.123. The maximum Gasteiger partial charge on any atom is 0.136 e. The van der Waals surface area contributed by atoms with Crippen molar-refractivity contribution >= 4 is 5.78 Å². The molecule has 0 aliphatic carbocycles. The molecule has 0 saturated carbocycles. The number of rotatable bonds is 7. The van der Waals surface area contributed by atoms with Crippen LogP contribution in [0.5, 0.6) is 0 Å². The highest BCUT2D eigenvalue weighted by Crippen LogP contribution is 2.17. The molecule has 1 heteroatoms. The Morgan fingerprint density at radius 3 is 2.25 bits per heavy atom. The van der Waals surface area contributed by atoms with Crippen molar-refractivity contribution in [2.45, 2.75) is 53.9 Å². The Labute approximate surface area is 101 Å². The van der Waals surface area contributed by atoms with Gasteiger partial charge < -0.3 is 0 Å². The first-order valence-electron chi connectivity index (χ1n) is 6.24. The number of carbonyl (C=O) groups is 1. The Hall–Kier alpha value is -0.850. The smallest absolute Gasteiger partial charge is 0.136 e. The molecule has 0 fully saturated rings. The van der Waals surface area contributed by atoms with Crippen LogP contribution in [0, 0.1) is 11.8 Å². The van der Waals surface area contributed by atoms with Gasteiger partial charge in [0.2, 0.25) is 0 Å². The van der Waals surface area contributed by atoms with Crippen LogP contribution in [0.1, 0.15) is 53.9 Å². The van der Waals surface area contributed by atoms with E-state index in [4.69, 9.17) is 0 Å². The van der Waals surface area contributed by atoms with Crippen LogP contribution in [-0.4, -0.2) is 5.78 Å². The van der Waals surface area contributed by atoms with Crippen molar-refractivity contribution in [2.24, 2.45) is 11.8 Å². The molecule has 16 heavy (non-hydrogen) atoms. The molecular formula is C15H26O. The summed E-state index contributed by atoms with van der Waals surface area (Å²) >= 11 is 0. The Morgan fingerprint density at radius 1 is 1.19 bits per heavy atom. The Morgan fingerprint density at radius 2 is 1.81 bits per heavy atom. The summed E-state index contributed by atoms with van der Waals surface area (Å²) in [4.78, 5) is 12.0. The molecule has 0 radical (unpaired) electrons. The zero-order valence-electron chi connectivity index (χ0n) is 11.4. The molecule has 0 aromatic rings. The maximum absolute atomic E-state index is 12.0. The molecular weight excluding hydrogens is 196 g/mol. The van der Waals surface area contributed by atoms with Crippen LogP contribution >= 0.6 is 0 Å². The fraction of sp³-hybridized carbons (Fsp3) is 0.667. The summed E-state index contributed by atoms with van der Waals surface area (Å²) in [6.45, 7) is 10.4. The van der Waals surface area contributed by atoms with Gasteiger partial charge in [-0.2, -0.15) is 0 Å². The second-order valence-electron chi connectivity index (χ2n) is 5.08. The third-order valence-electron chi connectivity index (χ3n) is 2.53. The Kier molecular flexibility index (Phi) is 7.88. The van der Waals surface area contributed by atoms with E-state index in [1.165, 1.54) is 5.57 Å². The summed E-state index contributed by atoms with van der Waals surface area (Å²) in [5, 5.41) is 0. The second kappa shape index (κ2) is 8.32. The summed E-state index contributed by atoms with van der Waals surface area (Å²) < 4.78 is 0. The lowest BCUT2D eigenvalue weighted by atomic mass is 9.90. The molecule has 1 unspecified atom stereocenters. The van der Waals surface area contributed by atoms with E-state index in [2.05, 4.69) is 39.8 Å². The van der Waals surface area contributed by atoms with E-state index in [0.717, 1.165) is 12.8 Å². The minimum absolute atomic E-state index is 0.175. The average molecular weight is 222 g/mol. The van der Waals surface area contributed by atoms with Crippen LogP contribution in [0.25, 0.3) is 0 Å². The fourth-order valence-electron chi connectivity index (χ4n) is 1.61. The number of hydrogen-bond donors (Lipinski definition) is 0. The highest BCUT2D eigenvalue weighted by molar-refractivity contribution is 5.81. The molecule has 0 aliphatic rings. The molecule has 0 saturated heterocycles. The molecule has 0 aromatic heterocycles. The standard InChI is InChI=1S/C15H26O/c1-6-7-8-14(10-9-12(2)3)15(16)11-13(4)5/h6-7,9,13-14H,8,10-11H2,1-5H3/b7-6+. The number of hydrogen-bond acceptors (Lipinski definition) is 1. The summed E-state index contributed by atoms with van der Waals surface area (Å²) in [7, 11) is 0. The van der Waals surface area contributed by atoms with Crippen LogP contribution in [-0.2, 0) is 4.79 Å². The van der Waals surface area contributed by atoms with Crippen molar-refractivity contribution in [2.75, 3.05) is 0 Å². The van der Waals surface area contributed by atoms with Gasteiger partial charge in [-0.25, -0.2) is 0 Å². The molecule has 0 N–H and O–H groups in total. The van der Waals surface area contributed by atoms with E-state index >= 15 is 0 Å². The molecule has 1 atom stereocenters. The van der Waals surface area contributed by atoms with Crippen LogP contribution in [0.3, 0.4) is 0 Å². The van der Waals surface area contributed by atoms with Gasteiger partial charge in [-0.05, 0) is 39.5 Å². The van der Waals surface area contributed by atoms with E-state index < -0.39 is 0 Å². The van der Waals surface area contributed by atoms with E-state index in [1.54, 1.807) is 0 Å². The largest absolute Gasteiger partial charge is 0.299 e. The van der Waals surface area contributed by atoms with Crippen LogP contribution in [0.4, 0.5) is 0 Å². The Balaban J connectivity index is 4.40. The van der Waals surface area contributed by atoms with Crippen molar-refractivity contribution in [3.8, 4) is 0 Å². The van der Waals surface area contributed by atoms with Gasteiger partial charge in [0.25, 0.3) is 0 Å². The van der Waals surface area contributed by atoms with Gasteiger partial charge in [0, 0.05) is 12.3 Å². The molecule has 92 valence electrons. The van der Waals surface area contributed by atoms with E-state index in [0.29, 0.717) is 18.1 Å². The molecule has 0 rings (SSSR count). The van der Waals surface area contributed by atoms with Crippen LogP contribution < -0.4 is 0 Å². The van der Waals surface area contributed by atoms with Crippen molar-refractivity contribution in [1.82, 2.24) is 0 Å². The lowest BCUT2D eigenvalue weighted by Crippen LogP contribution is -2.15. The first kappa shape index (κ1) is 15.2. The predicted octanol–water partition coefficient (Wildman–Crippen LogP) is 4.54. The van der Waals surface area contributed by atoms with Gasteiger partial charge in [0.1, 0.15) is 5.78 Å². The molecule has 0 aromatic carbocycles. The second-order valence-corrected chi connectivity index (χ2v) is 5.08. The first-order chi connectivity index (χ1) is 7.47. The van der Waals surface area contributed by atoms with Gasteiger partial charge in [0.05, 0.1) is 0 Å². The van der Waals surface area contributed by atoms with Gasteiger partial charge in [-0.1, -0.05) is 37.6 Å². The zero-order valence-corrected chi connectivity index (χ0v) is 11.4. The van der Waals surface area contributed by atoms with Crippen molar-refractivity contribution in [3.05, 3.63) is 23.8 Å². The minimum Gasteiger partial charge on any atom is -0.299 e. The average Bonchev–Trinajstić information content (AvgIpc) is 2.16. The first-order valence-corrected chi connectivity index (χ1v) is 6.24. The van der Waals surface area contributed by atoms with Gasteiger partial charge in [-0.15, -0.1) is 0 Å². The zero-order chi connectivity index (χ0) is 12.6. The monoisotopic (exact) mass is 222 g/mol. The summed E-state index contributed by atoms with van der Waals surface area (Å²) in [6.07, 6.45) is 8.77. The summed E-state index contributed by atoms with van der Waals surface area (Å²) in [5.41, 5.74) is 1.29. The molecule has 0 aliphatic heterocycles.